The molecule has 2 heterocycles. The number of hydrogen-bond donors (Lipinski definition) is 2. The summed E-state index contributed by atoms with van der Waals surface area (Å²) in [6, 6.07) is 3.99. The van der Waals surface area contributed by atoms with Crippen molar-refractivity contribution in [2.45, 2.75) is 72.2 Å². The number of allylic oxidation sites excluding steroid dienone is 2. The monoisotopic (exact) mass is 465 g/mol. The fourth-order valence-corrected chi connectivity index (χ4v) is 6.24. The van der Waals surface area contributed by atoms with Crippen molar-refractivity contribution < 1.29 is 24.4 Å². The number of carbonyl (C=O) groups excluding carboxylic acids is 2. The second kappa shape index (κ2) is 9.71. The van der Waals surface area contributed by atoms with Crippen LogP contribution in [-0.2, 0) is 14.2 Å². The van der Waals surface area contributed by atoms with Crippen LogP contribution in [0.15, 0.2) is 28.9 Å². The van der Waals surface area contributed by atoms with Crippen molar-refractivity contribution >= 4 is 25.0 Å². The second-order valence-corrected chi connectivity index (χ2v) is 10.1. The number of carbonyl (C=O) groups is 2. The summed E-state index contributed by atoms with van der Waals surface area (Å²) in [5.74, 6) is -0.695. The smallest absolute Gasteiger partial charge is 0.455 e. The van der Waals surface area contributed by atoms with Crippen molar-refractivity contribution in [2.75, 3.05) is 7.05 Å². The van der Waals surface area contributed by atoms with Crippen molar-refractivity contribution in [3.8, 4) is 5.75 Å². The Morgan fingerprint density at radius 1 is 1.18 bits per heavy atom. The molecule has 0 saturated carbocycles. The van der Waals surface area contributed by atoms with Crippen LogP contribution in [0.25, 0.3) is 6.08 Å². The van der Waals surface area contributed by atoms with E-state index in [0.717, 1.165) is 47.9 Å². The van der Waals surface area contributed by atoms with E-state index in [2.05, 4.69) is 19.9 Å². The Morgan fingerprint density at radius 3 is 2.47 bits per heavy atom. The number of phenolic OH excluding ortho intramolecular Hbond substituents is 1. The number of nitrogens with zero attached hydrogens (tertiary/aromatic N) is 1. The molecule has 34 heavy (non-hydrogen) atoms. The van der Waals surface area contributed by atoms with E-state index in [1.165, 1.54) is 16.0 Å². The Balaban J connectivity index is 1.60. The van der Waals surface area contributed by atoms with Crippen LogP contribution in [0.3, 0.4) is 0 Å². The average Bonchev–Trinajstić information content (AvgIpc) is 3.02. The van der Waals surface area contributed by atoms with E-state index in [0.29, 0.717) is 18.5 Å². The Labute approximate surface area is 202 Å². The number of imide groups is 1. The number of likely N-dealkylation sites (tertiary alicyclic amines) is 1. The Kier molecular flexibility index (Phi) is 7.06. The third-order valence-electron chi connectivity index (χ3n) is 8.02. The first-order chi connectivity index (χ1) is 16.2. The van der Waals surface area contributed by atoms with Crippen LogP contribution in [0.5, 0.6) is 5.75 Å². The van der Waals surface area contributed by atoms with Crippen LogP contribution < -0.4 is 0 Å². The molecular weight excluding hydrogens is 429 g/mol. The Hall–Kier alpha value is -2.38. The summed E-state index contributed by atoms with van der Waals surface area (Å²) in [7, 11) is 0.646. The zero-order valence-corrected chi connectivity index (χ0v) is 20.9. The van der Waals surface area contributed by atoms with Gasteiger partial charge in [0.15, 0.2) is 0 Å². The number of hydrogen-bond acceptors (Lipinski definition) is 5. The zero-order chi connectivity index (χ0) is 24.7. The van der Waals surface area contributed by atoms with Gasteiger partial charge in [0.1, 0.15) is 5.75 Å². The molecule has 7 heteroatoms. The SMILES string of the molecule is CCC1=C2[C@@H](CC/C(=C/c3cc(C)c(O)c(C)c3)CC)OB(O)C[C@@H]2[C@@H]2C(=O)N(C)C(=O)[C@@H]2C1. The largest absolute Gasteiger partial charge is 0.507 e. The molecule has 2 aliphatic heterocycles. The lowest BCUT2D eigenvalue weighted by atomic mass is 9.58. The molecule has 2 fully saturated rings. The van der Waals surface area contributed by atoms with Gasteiger partial charge in [-0.1, -0.05) is 31.1 Å². The van der Waals surface area contributed by atoms with Gasteiger partial charge < -0.3 is 14.8 Å². The van der Waals surface area contributed by atoms with E-state index in [4.69, 9.17) is 4.65 Å². The van der Waals surface area contributed by atoms with Gasteiger partial charge in [-0.2, -0.15) is 0 Å². The van der Waals surface area contributed by atoms with Gasteiger partial charge in [-0.3, -0.25) is 14.5 Å². The molecule has 0 unspecified atom stereocenters. The van der Waals surface area contributed by atoms with Crippen LogP contribution in [0.2, 0.25) is 6.32 Å². The lowest BCUT2D eigenvalue weighted by Gasteiger charge is -2.43. The number of amides is 2. The summed E-state index contributed by atoms with van der Waals surface area (Å²) in [6.07, 6.45) is 6.14. The highest BCUT2D eigenvalue weighted by molar-refractivity contribution is 6.43. The summed E-state index contributed by atoms with van der Waals surface area (Å²) in [5.41, 5.74) is 6.42. The maximum absolute atomic E-state index is 12.9. The molecule has 2 saturated heterocycles. The fourth-order valence-electron chi connectivity index (χ4n) is 6.24. The van der Waals surface area contributed by atoms with Gasteiger partial charge in [0.25, 0.3) is 0 Å². The second-order valence-electron chi connectivity index (χ2n) is 10.1. The Bertz CT molecular complexity index is 1040. The molecule has 0 spiro atoms. The van der Waals surface area contributed by atoms with Gasteiger partial charge in [0, 0.05) is 7.05 Å². The molecule has 1 aliphatic carbocycles. The normalized spacial score (nSPS) is 27.4. The van der Waals surface area contributed by atoms with E-state index in [9.17, 15) is 19.7 Å². The first-order valence-electron chi connectivity index (χ1n) is 12.5. The van der Waals surface area contributed by atoms with Gasteiger partial charge in [0.05, 0.1) is 17.9 Å². The molecule has 0 radical (unpaired) electrons. The van der Waals surface area contributed by atoms with Gasteiger partial charge in [-0.25, -0.2) is 0 Å². The van der Waals surface area contributed by atoms with Gasteiger partial charge >= 0.3 is 7.12 Å². The van der Waals surface area contributed by atoms with Crippen molar-refractivity contribution in [1.82, 2.24) is 4.90 Å². The van der Waals surface area contributed by atoms with Crippen LogP contribution in [0.4, 0.5) is 0 Å². The van der Waals surface area contributed by atoms with Crippen molar-refractivity contribution in [3.63, 3.8) is 0 Å². The summed E-state index contributed by atoms with van der Waals surface area (Å²) in [4.78, 5) is 26.9. The molecule has 0 aromatic heterocycles. The molecule has 2 N–H and O–H groups in total. The quantitative estimate of drug-likeness (QED) is 0.369. The number of phenols is 1. The maximum atomic E-state index is 12.9. The molecule has 1 aromatic rings. The van der Waals surface area contributed by atoms with E-state index >= 15 is 0 Å². The van der Waals surface area contributed by atoms with E-state index in [-0.39, 0.29) is 35.7 Å². The van der Waals surface area contributed by atoms with Crippen LogP contribution >= 0.6 is 0 Å². The van der Waals surface area contributed by atoms with Gasteiger partial charge in [0.2, 0.25) is 11.8 Å². The van der Waals surface area contributed by atoms with Gasteiger partial charge in [-0.05, 0) is 92.6 Å². The highest BCUT2D eigenvalue weighted by Crippen LogP contribution is 2.50. The number of aryl methyl sites for hydroxylation is 2. The zero-order valence-electron chi connectivity index (χ0n) is 20.9. The number of aromatic hydroxyl groups is 1. The Morgan fingerprint density at radius 2 is 1.85 bits per heavy atom. The van der Waals surface area contributed by atoms with E-state index in [1.807, 2.05) is 26.0 Å². The molecule has 0 bridgehead atoms. The lowest BCUT2D eigenvalue weighted by Crippen LogP contribution is -2.46. The summed E-state index contributed by atoms with van der Waals surface area (Å²) >= 11 is 0. The summed E-state index contributed by atoms with van der Waals surface area (Å²) < 4.78 is 6.05. The number of fused-ring (bicyclic) bond motifs is 3. The van der Waals surface area contributed by atoms with Crippen molar-refractivity contribution in [1.29, 1.82) is 0 Å². The third-order valence-corrected chi connectivity index (χ3v) is 8.02. The van der Waals surface area contributed by atoms with Crippen LogP contribution in [-0.4, -0.2) is 47.1 Å². The van der Waals surface area contributed by atoms with Crippen molar-refractivity contribution in [2.24, 2.45) is 17.8 Å². The maximum Gasteiger partial charge on any atom is 0.455 e. The molecule has 2 amide bonds. The predicted octanol–water partition coefficient (Wildman–Crippen LogP) is 4.42. The first kappa shape index (κ1) is 24.7. The highest BCUT2D eigenvalue weighted by Gasteiger charge is 2.56. The molecule has 1 aromatic carbocycles. The number of benzene rings is 1. The first-order valence-corrected chi connectivity index (χ1v) is 12.5. The molecule has 6 nitrogen and oxygen atoms in total. The van der Waals surface area contributed by atoms with Gasteiger partial charge in [-0.15, -0.1) is 0 Å². The standard InChI is InChI=1S/C27H36BNO5/c1-6-17(12-18-10-15(3)25(30)16(4)11-18)8-9-22-23-19(7-2)13-20-24(21(23)14-28(33)34-22)27(32)29(5)26(20)31/h10-12,20-22,24,30,33H,6-9,13-14H2,1-5H3/b17-12+/t20-,21+,22-,24-/m1/s1. The molecule has 3 aliphatic rings. The third kappa shape index (κ3) is 4.36. The van der Waals surface area contributed by atoms with E-state index in [1.54, 1.807) is 7.05 Å². The average molecular weight is 465 g/mol. The highest BCUT2D eigenvalue weighted by atomic mass is 16.5. The minimum absolute atomic E-state index is 0.0896. The molecular formula is C27H36BNO5. The summed E-state index contributed by atoms with van der Waals surface area (Å²) in [6.45, 7) is 8.04. The van der Waals surface area contributed by atoms with Crippen molar-refractivity contribution in [3.05, 3.63) is 45.5 Å². The molecule has 4 atom stereocenters. The topological polar surface area (TPSA) is 87.1 Å². The summed E-state index contributed by atoms with van der Waals surface area (Å²) in [5, 5.41) is 20.6. The molecule has 182 valence electrons. The van der Waals surface area contributed by atoms with Crippen LogP contribution in [0.1, 0.15) is 62.6 Å². The van der Waals surface area contributed by atoms with E-state index < -0.39 is 7.12 Å². The number of rotatable bonds is 6. The predicted molar refractivity (Wildman–Crippen MR) is 133 cm³/mol. The lowest BCUT2D eigenvalue weighted by molar-refractivity contribution is -0.138. The minimum atomic E-state index is -0.930. The minimum Gasteiger partial charge on any atom is -0.507 e. The fraction of sp³-hybridized carbons (Fsp3) is 0.556. The van der Waals surface area contributed by atoms with Crippen LogP contribution in [0, 0.1) is 31.6 Å². The molecule has 4 rings (SSSR count).